The maximum Gasteiger partial charge on any atom is 0.0580 e. The van der Waals surface area contributed by atoms with E-state index < -0.39 is 0 Å². The van der Waals surface area contributed by atoms with E-state index in [2.05, 4.69) is 40.7 Å². The predicted molar refractivity (Wildman–Crippen MR) is 122 cm³/mol. The predicted octanol–water partition coefficient (Wildman–Crippen LogP) is 5.33. The Morgan fingerprint density at radius 2 is 1.77 bits per heavy atom. The van der Waals surface area contributed by atoms with Crippen LogP contribution in [0.25, 0.3) is 0 Å². The second kappa shape index (κ2) is 8.19. The summed E-state index contributed by atoms with van der Waals surface area (Å²) in [5.74, 6) is 2.86. The molecule has 0 aromatic carbocycles. The van der Waals surface area contributed by atoms with Gasteiger partial charge in [-0.3, -0.25) is 0 Å². The fourth-order valence-corrected chi connectivity index (χ4v) is 8.65. The molecule has 4 aliphatic rings. The average Bonchev–Trinajstić information content (AvgIpc) is 2.96. The minimum Gasteiger partial charge on any atom is -0.393 e. The van der Waals surface area contributed by atoms with Crippen molar-refractivity contribution in [1.82, 2.24) is 0 Å². The third-order valence-electron chi connectivity index (χ3n) is 10.4. The zero-order valence-corrected chi connectivity index (χ0v) is 20.0. The molecule has 0 aromatic heterocycles. The Labute approximate surface area is 184 Å². The Hall–Kier alpha value is -0.380. The lowest BCUT2D eigenvalue weighted by molar-refractivity contribution is -0.0768. The number of aliphatic hydroxyl groups excluding tert-OH is 3. The van der Waals surface area contributed by atoms with Gasteiger partial charge in [0.25, 0.3) is 0 Å². The summed E-state index contributed by atoms with van der Waals surface area (Å²) in [7, 11) is 0. The molecule has 3 heteroatoms. The molecular formula is C27H46O3. The summed E-state index contributed by atoms with van der Waals surface area (Å²) in [6.45, 7) is 11.5. The number of allylic oxidation sites excluding steroid dienone is 1. The SMILES string of the molecule is CC(C)CC[C@H](O)[C@@H](C)[C@H]1[C@@H](O)C[C@H]2[C@@H]3CC=C4C[C@@H](O)CC[C@]4(C)[C@H]3CC[C@]12C. The first kappa shape index (κ1) is 22.8. The van der Waals surface area contributed by atoms with Gasteiger partial charge in [-0.2, -0.15) is 0 Å². The molecule has 0 unspecified atom stereocenters. The van der Waals surface area contributed by atoms with Crippen LogP contribution < -0.4 is 0 Å². The van der Waals surface area contributed by atoms with E-state index in [-0.39, 0.29) is 41.0 Å². The van der Waals surface area contributed by atoms with Crippen LogP contribution in [-0.2, 0) is 0 Å². The van der Waals surface area contributed by atoms with Gasteiger partial charge in [0, 0.05) is 0 Å². The Morgan fingerprint density at radius 3 is 2.47 bits per heavy atom. The van der Waals surface area contributed by atoms with Gasteiger partial charge in [-0.25, -0.2) is 0 Å². The smallest absolute Gasteiger partial charge is 0.0580 e. The largest absolute Gasteiger partial charge is 0.393 e. The van der Waals surface area contributed by atoms with Crippen molar-refractivity contribution in [2.24, 2.45) is 46.3 Å². The number of hydrogen-bond acceptors (Lipinski definition) is 3. The minimum atomic E-state index is -0.310. The van der Waals surface area contributed by atoms with Crippen molar-refractivity contribution in [2.75, 3.05) is 0 Å². The van der Waals surface area contributed by atoms with E-state index in [4.69, 9.17) is 0 Å². The topological polar surface area (TPSA) is 60.7 Å². The molecule has 172 valence electrons. The van der Waals surface area contributed by atoms with E-state index >= 15 is 0 Å². The van der Waals surface area contributed by atoms with Gasteiger partial charge >= 0.3 is 0 Å². The first-order valence-electron chi connectivity index (χ1n) is 12.8. The maximum absolute atomic E-state index is 11.2. The number of rotatable bonds is 5. The first-order chi connectivity index (χ1) is 14.1. The molecule has 3 fully saturated rings. The quantitative estimate of drug-likeness (QED) is 0.529. The Kier molecular flexibility index (Phi) is 6.23. The van der Waals surface area contributed by atoms with E-state index in [9.17, 15) is 15.3 Å². The van der Waals surface area contributed by atoms with Gasteiger partial charge in [-0.15, -0.1) is 0 Å². The molecule has 0 bridgehead atoms. The van der Waals surface area contributed by atoms with E-state index in [1.54, 1.807) is 0 Å². The van der Waals surface area contributed by atoms with Crippen molar-refractivity contribution in [3.05, 3.63) is 11.6 Å². The fourth-order valence-electron chi connectivity index (χ4n) is 8.65. The molecule has 0 spiro atoms. The Morgan fingerprint density at radius 1 is 1.03 bits per heavy atom. The minimum absolute atomic E-state index is 0.134. The van der Waals surface area contributed by atoms with Crippen molar-refractivity contribution in [3.8, 4) is 0 Å². The summed E-state index contributed by atoms with van der Waals surface area (Å²) in [5.41, 5.74) is 1.89. The van der Waals surface area contributed by atoms with Crippen molar-refractivity contribution in [1.29, 1.82) is 0 Å². The second-order valence-corrected chi connectivity index (χ2v) is 12.4. The monoisotopic (exact) mass is 418 g/mol. The Bertz CT molecular complexity index is 656. The van der Waals surface area contributed by atoms with Crippen molar-refractivity contribution >= 4 is 0 Å². The van der Waals surface area contributed by atoms with Crippen LogP contribution in [0, 0.1) is 46.3 Å². The summed E-state index contributed by atoms with van der Waals surface area (Å²) >= 11 is 0. The molecular weight excluding hydrogens is 372 g/mol. The summed E-state index contributed by atoms with van der Waals surface area (Å²) in [4.78, 5) is 0. The maximum atomic E-state index is 11.2. The van der Waals surface area contributed by atoms with Crippen LogP contribution in [0.1, 0.15) is 92.4 Å². The highest BCUT2D eigenvalue weighted by molar-refractivity contribution is 5.25. The van der Waals surface area contributed by atoms with Crippen LogP contribution in [-0.4, -0.2) is 33.6 Å². The lowest BCUT2D eigenvalue weighted by Crippen LogP contribution is -2.51. The number of hydrogen-bond donors (Lipinski definition) is 3. The molecule has 0 saturated heterocycles. The van der Waals surface area contributed by atoms with Crippen molar-refractivity contribution in [3.63, 3.8) is 0 Å². The van der Waals surface area contributed by atoms with Gasteiger partial charge in [0.2, 0.25) is 0 Å². The summed E-state index contributed by atoms with van der Waals surface area (Å²) in [5, 5.41) is 32.4. The third-order valence-corrected chi connectivity index (χ3v) is 10.4. The summed E-state index contributed by atoms with van der Waals surface area (Å²) in [6.07, 6.45) is 11.0. The lowest BCUT2D eigenvalue weighted by Gasteiger charge is -2.58. The van der Waals surface area contributed by atoms with Crippen LogP contribution in [0.3, 0.4) is 0 Å². The summed E-state index contributed by atoms with van der Waals surface area (Å²) in [6, 6.07) is 0. The van der Waals surface area contributed by atoms with E-state index in [1.165, 1.54) is 18.4 Å². The lowest BCUT2D eigenvalue weighted by atomic mass is 9.47. The normalized spacial score (nSPS) is 47.8. The van der Waals surface area contributed by atoms with Crippen LogP contribution in [0.15, 0.2) is 11.6 Å². The van der Waals surface area contributed by atoms with Crippen LogP contribution in [0.4, 0.5) is 0 Å². The van der Waals surface area contributed by atoms with Crippen LogP contribution in [0.5, 0.6) is 0 Å². The molecule has 0 radical (unpaired) electrons. The molecule has 0 heterocycles. The summed E-state index contributed by atoms with van der Waals surface area (Å²) < 4.78 is 0. The second-order valence-electron chi connectivity index (χ2n) is 12.4. The van der Waals surface area contributed by atoms with Crippen molar-refractivity contribution < 1.29 is 15.3 Å². The number of aliphatic hydroxyl groups is 3. The number of fused-ring (bicyclic) bond motifs is 5. The molecule has 10 atom stereocenters. The van der Waals surface area contributed by atoms with E-state index in [1.807, 2.05) is 0 Å². The standard InChI is InChI=1S/C27H46O3/c1-16(2)6-9-23(29)17(3)25-24(30)15-22-20-8-7-18-14-19(28)10-12-26(18,4)21(20)11-13-27(22,25)5/h7,16-17,19-25,28-30H,6,8-15H2,1-5H3/t17-,19+,20-,21+,22+,23+,24+,25+,26+,27+/m1/s1. The van der Waals surface area contributed by atoms with Gasteiger partial charge in [-0.05, 0) is 104 Å². The highest BCUT2D eigenvalue weighted by Crippen LogP contribution is 2.67. The molecule has 3 nitrogen and oxygen atoms in total. The highest BCUT2D eigenvalue weighted by atomic mass is 16.3. The van der Waals surface area contributed by atoms with E-state index in [0.717, 1.165) is 44.9 Å². The third kappa shape index (κ3) is 3.61. The average molecular weight is 419 g/mol. The van der Waals surface area contributed by atoms with Gasteiger partial charge < -0.3 is 15.3 Å². The van der Waals surface area contributed by atoms with Gasteiger partial charge in [0.15, 0.2) is 0 Å². The molecule has 4 rings (SSSR count). The highest BCUT2D eigenvalue weighted by Gasteiger charge is 2.62. The van der Waals surface area contributed by atoms with Crippen LogP contribution >= 0.6 is 0 Å². The van der Waals surface area contributed by atoms with Gasteiger partial charge in [0.1, 0.15) is 0 Å². The van der Waals surface area contributed by atoms with Crippen molar-refractivity contribution in [2.45, 2.75) is 111 Å². The zero-order chi connectivity index (χ0) is 21.8. The molecule has 30 heavy (non-hydrogen) atoms. The molecule has 3 N–H and O–H groups in total. The Balaban J connectivity index is 1.56. The first-order valence-corrected chi connectivity index (χ1v) is 12.8. The fraction of sp³-hybridized carbons (Fsp3) is 0.926. The van der Waals surface area contributed by atoms with Gasteiger partial charge in [0.05, 0.1) is 18.3 Å². The van der Waals surface area contributed by atoms with Crippen LogP contribution in [0.2, 0.25) is 0 Å². The zero-order valence-electron chi connectivity index (χ0n) is 20.0. The molecule has 3 saturated carbocycles. The molecule has 0 aromatic rings. The van der Waals surface area contributed by atoms with E-state index in [0.29, 0.717) is 23.7 Å². The van der Waals surface area contributed by atoms with Gasteiger partial charge in [-0.1, -0.05) is 46.3 Å². The molecule has 0 aliphatic heterocycles. The molecule has 0 amide bonds. The molecule has 4 aliphatic carbocycles.